The number of aromatic nitrogens is 1. The number of terminal acetylenes is 1. The predicted molar refractivity (Wildman–Crippen MR) is 54.1 cm³/mol. The number of hydrogen-bond acceptors (Lipinski definition) is 3. The topological polar surface area (TPSA) is 52.0 Å². The summed E-state index contributed by atoms with van der Waals surface area (Å²) >= 11 is 3.29. The highest BCUT2D eigenvalue weighted by molar-refractivity contribution is 9.10. The molecule has 64 valence electrons. The van der Waals surface area contributed by atoms with Crippen molar-refractivity contribution in [3.8, 4) is 12.3 Å². The molecule has 0 aliphatic rings. The van der Waals surface area contributed by atoms with Crippen molar-refractivity contribution in [2.75, 3.05) is 5.73 Å². The van der Waals surface area contributed by atoms with Crippen LogP contribution in [0, 0.1) is 12.3 Å². The monoisotopic (exact) mass is 236 g/mol. The van der Waals surface area contributed by atoms with Crippen LogP contribution in [0.3, 0.4) is 0 Å². The van der Waals surface area contributed by atoms with Crippen molar-refractivity contribution in [2.45, 2.75) is 0 Å². The third-order valence-electron chi connectivity index (χ3n) is 1.72. The lowest BCUT2D eigenvalue weighted by Crippen LogP contribution is -1.84. The fraction of sp³-hybridized carbons (Fsp3) is 0. The summed E-state index contributed by atoms with van der Waals surface area (Å²) in [5.74, 6) is 2.72. The maximum Gasteiger partial charge on any atom is 0.200 e. The predicted octanol–water partition coefficient (Wildman–Crippen LogP) is 2.15. The molecule has 0 saturated carbocycles. The first-order valence-electron chi connectivity index (χ1n) is 3.52. The molecule has 13 heavy (non-hydrogen) atoms. The molecule has 0 radical (unpaired) electrons. The number of anilines is 1. The summed E-state index contributed by atoms with van der Waals surface area (Å²) in [6.45, 7) is 0. The molecule has 2 heterocycles. The van der Waals surface area contributed by atoms with Gasteiger partial charge in [0.05, 0.1) is 15.5 Å². The zero-order valence-electron chi connectivity index (χ0n) is 6.54. The Hall–Kier alpha value is -1.47. The van der Waals surface area contributed by atoms with Crippen molar-refractivity contribution in [3.05, 3.63) is 22.6 Å². The van der Waals surface area contributed by atoms with Gasteiger partial charge in [-0.15, -0.1) is 6.42 Å². The van der Waals surface area contributed by atoms with Crippen LogP contribution >= 0.6 is 15.9 Å². The Labute approximate surface area is 83.1 Å². The molecule has 0 aliphatic carbocycles. The van der Waals surface area contributed by atoms with Crippen LogP contribution in [0.4, 0.5) is 5.69 Å². The molecule has 3 nitrogen and oxygen atoms in total. The van der Waals surface area contributed by atoms with Crippen LogP contribution in [0.5, 0.6) is 0 Å². The van der Waals surface area contributed by atoms with Crippen molar-refractivity contribution >= 4 is 32.6 Å². The first-order valence-corrected chi connectivity index (χ1v) is 4.31. The molecule has 0 aromatic carbocycles. The molecule has 2 aromatic rings. The zero-order chi connectivity index (χ0) is 9.42. The van der Waals surface area contributed by atoms with Crippen molar-refractivity contribution in [2.24, 2.45) is 0 Å². The SMILES string of the molecule is C#Cc1oc2c(Br)cncc2c1N. The minimum atomic E-state index is 0.351. The molecule has 0 unspecified atom stereocenters. The van der Waals surface area contributed by atoms with E-state index in [2.05, 4.69) is 26.8 Å². The van der Waals surface area contributed by atoms with Crippen LogP contribution in [0.1, 0.15) is 5.76 Å². The Bertz CT molecular complexity index is 510. The lowest BCUT2D eigenvalue weighted by atomic mass is 10.3. The minimum Gasteiger partial charge on any atom is -0.444 e. The van der Waals surface area contributed by atoms with Gasteiger partial charge in [-0.05, 0) is 21.9 Å². The van der Waals surface area contributed by atoms with E-state index in [4.69, 9.17) is 16.6 Å². The van der Waals surface area contributed by atoms with E-state index in [1.807, 2.05) is 0 Å². The van der Waals surface area contributed by atoms with Gasteiger partial charge in [-0.2, -0.15) is 0 Å². The highest BCUT2D eigenvalue weighted by Crippen LogP contribution is 2.31. The molecule has 0 atom stereocenters. The van der Waals surface area contributed by atoms with Gasteiger partial charge in [-0.25, -0.2) is 0 Å². The number of nitrogens with zero attached hydrogens (tertiary/aromatic N) is 1. The lowest BCUT2D eigenvalue weighted by Gasteiger charge is -1.89. The number of nitrogen functional groups attached to an aromatic ring is 1. The molecule has 0 amide bonds. The van der Waals surface area contributed by atoms with E-state index in [1.165, 1.54) is 0 Å². The summed E-state index contributed by atoms with van der Waals surface area (Å²) in [4.78, 5) is 3.97. The summed E-state index contributed by atoms with van der Waals surface area (Å²) in [6.07, 6.45) is 8.46. The van der Waals surface area contributed by atoms with E-state index in [-0.39, 0.29) is 0 Å². The summed E-state index contributed by atoms with van der Waals surface area (Å²) in [7, 11) is 0. The second kappa shape index (κ2) is 2.79. The van der Waals surface area contributed by atoms with Crippen LogP contribution in [-0.4, -0.2) is 4.98 Å². The van der Waals surface area contributed by atoms with E-state index >= 15 is 0 Å². The Morgan fingerprint density at radius 3 is 2.92 bits per heavy atom. The average molecular weight is 237 g/mol. The van der Waals surface area contributed by atoms with Crippen molar-refractivity contribution in [1.82, 2.24) is 4.98 Å². The van der Waals surface area contributed by atoms with E-state index in [0.29, 0.717) is 17.0 Å². The van der Waals surface area contributed by atoms with Gasteiger partial charge >= 0.3 is 0 Å². The highest BCUT2D eigenvalue weighted by atomic mass is 79.9. The standard InChI is InChI=1S/C9H5BrN2O/c1-2-7-8(11)5-3-12-4-6(10)9(5)13-7/h1,3-4H,11H2. The number of nitrogens with two attached hydrogens (primary N) is 1. The van der Waals surface area contributed by atoms with Crippen molar-refractivity contribution in [1.29, 1.82) is 0 Å². The van der Waals surface area contributed by atoms with E-state index in [1.54, 1.807) is 12.4 Å². The van der Waals surface area contributed by atoms with Gasteiger partial charge in [0.15, 0.2) is 5.58 Å². The summed E-state index contributed by atoms with van der Waals surface area (Å²) in [6, 6.07) is 0. The molecule has 0 bridgehead atoms. The highest BCUT2D eigenvalue weighted by Gasteiger charge is 2.11. The maximum atomic E-state index is 5.72. The first kappa shape index (κ1) is 8.14. The van der Waals surface area contributed by atoms with Gasteiger partial charge in [0.1, 0.15) is 0 Å². The second-order valence-electron chi connectivity index (χ2n) is 2.49. The Morgan fingerprint density at radius 2 is 2.31 bits per heavy atom. The molecule has 0 fully saturated rings. The molecule has 4 heteroatoms. The fourth-order valence-corrected chi connectivity index (χ4v) is 1.52. The van der Waals surface area contributed by atoms with Gasteiger partial charge in [-0.3, -0.25) is 4.98 Å². The van der Waals surface area contributed by atoms with Crippen LogP contribution in [-0.2, 0) is 0 Å². The summed E-state index contributed by atoms with van der Waals surface area (Å²) in [5.41, 5.74) is 6.82. The Balaban J connectivity index is 2.94. The van der Waals surface area contributed by atoms with Crippen LogP contribution in [0.2, 0.25) is 0 Å². The Kier molecular flexibility index (Phi) is 1.74. The second-order valence-corrected chi connectivity index (χ2v) is 3.34. The van der Waals surface area contributed by atoms with Gasteiger partial charge in [0.2, 0.25) is 5.76 Å². The number of rotatable bonds is 0. The fourth-order valence-electron chi connectivity index (χ4n) is 1.11. The number of fused-ring (bicyclic) bond motifs is 1. The molecular formula is C9H5BrN2O. The van der Waals surface area contributed by atoms with E-state index in [9.17, 15) is 0 Å². The summed E-state index contributed by atoms with van der Waals surface area (Å²) in [5, 5.41) is 0.738. The quantitative estimate of drug-likeness (QED) is 0.714. The Morgan fingerprint density at radius 1 is 1.54 bits per heavy atom. The lowest BCUT2D eigenvalue weighted by molar-refractivity contribution is 0.601. The largest absolute Gasteiger partial charge is 0.444 e. The van der Waals surface area contributed by atoms with E-state index in [0.717, 1.165) is 9.86 Å². The minimum absolute atomic E-state index is 0.351. The molecule has 0 saturated heterocycles. The van der Waals surface area contributed by atoms with Crippen LogP contribution < -0.4 is 5.73 Å². The molecule has 2 rings (SSSR count). The van der Waals surface area contributed by atoms with Gasteiger partial charge in [0, 0.05) is 12.4 Å². The number of hydrogen-bond donors (Lipinski definition) is 1. The third-order valence-corrected chi connectivity index (χ3v) is 2.29. The van der Waals surface area contributed by atoms with Crippen molar-refractivity contribution in [3.63, 3.8) is 0 Å². The number of furan rings is 1. The third kappa shape index (κ3) is 1.09. The normalized spacial score (nSPS) is 10.2. The molecule has 0 spiro atoms. The van der Waals surface area contributed by atoms with Crippen LogP contribution in [0.15, 0.2) is 21.3 Å². The average Bonchev–Trinajstić information content (AvgIpc) is 2.45. The van der Waals surface area contributed by atoms with E-state index < -0.39 is 0 Å². The first-order chi connectivity index (χ1) is 6.24. The zero-order valence-corrected chi connectivity index (χ0v) is 8.13. The van der Waals surface area contributed by atoms with Gasteiger partial charge in [-0.1, -0.05) is 0 Å². The molecule has 0 aliphatic heterocycles. The molecule has 2 N–H and O–H groups in total. The van der Waals surface area contributed by atoms with Gasteiger partial charge < -0.3 is 10.2 Å². The number of pyridine rings is 1. The maximum absolute atomic E-state index is 5.72. The van der Waals surface area contributed by atoms with Crippen LogP contribution in [0.25, 0.3) is 11.0 Å². The smallest absolute Gasteiger partial charge is 0.200 e. The molecule has 2 aromatic heterocycles. The molecular weight excluding hydrogens is 232 g/mol. The van der Waals surface area contributed by atoms with Crippen molar-refractivity contribution < 1.29 is 4.42 Å². The summed E-state index contributed by atoms with van der Waals surface area (Å²) < 4.78 is 6.08. The van der Waals surface area contributed by atoms with Gasteiger partial charge in [0.25, 0.3) is 0 Å². The number of halogens is 1.